The van der Waals surface area contributed by atoms with Gasteiger partial charge in [-0.15, -0.1) is 0 Å². The van der Waals surface area contributed by atoms with Crippen molar-refractivity contribution in [3.05, 3.63) is 77.1 Å². The van der Waals surface area contributed by atoms with Crippen molar-refractivity contribution in [3.8, 4) is 34.1 Å². The fourth-order valence-electron chi connectivity index (χ4n) is 3.81. The molecule has 34 heavy (non-hydrogen) atoms. The number of hydrogen-bond acceptors (Lipinski definition) is 5. The Hall–Kier alpha value is -4.79. The summed E-state index contributed by atoms with van der Waals surface area (Å²) in [5.41, 5.74) is 4.18. The van der Waals surface area contributed by atoms with Crippen LogP contribution in [0.2, 0.25) is 0 Å². The number of imidazole rings is 1. The lowest BCUT2D eigenvalue weighted by atomic mass is 10.1. The van der Waals surface area contributed by atoms with E-state index in [9.17, 15) is 9.59 Å². The first-order chi connectivity index (χ1) is 16.6. The third-order valence-corrected chi connectivity index (χ3v) is 5.42. The number of carbonyl (C=O) groups excluding carboxylic acids is 1. The molecule has 0 saturated carbocycles. The number of anilines is 2. The largest absolute Gasteiger partial charge is 0.497 e. The summed E-state index contributed by atoms with van der Waals surface area (Å²) in [5.74, 6) is 1.55. The zero-order valence-corrected chi connectivity index (χ0v) is 18.4. The van der Waals surface area contributed by atoms with Crippen LogP contribution >= 0.6 is 0 Å². The van der Waals surface area contributed by atoms with Crippen LogP contribution in [0.5, 0.6) is 11.5 Å². The van der Waals surface area contributed by atoms with Gasteiger partial charge >= 0.3 is 6.03 Å². The summed E-state index contributed by atoms with van der Waals surface area (Å²) in [4.78, 5) is 35.8. The van der Waals surface area contributed by atoms with E-state index < -0.39 is 6.03 Å². The molecular weight excluding hydrogens is 434 g/mol. The lowest BCUT2D eigenvalue weighted by Gasteiger charge is -2.12. The first-order valence-corrected chi connectivity index (χ1v) is 10.5. The van der Waals surface area contributed by atoms with Gasteiger partial charge in [-0.3, -0.25) is 4.79 Å². The smallest absolute Gasteiger partial charge is 0.323 e. The molecule has 1 aromatic heterocycles. The Bertz CT molecular complexity index is 1540. The minimum absolute atomic E-state index is 0.216. The second kappa shape index (κ2) is 8.62. The fraction of sp³-hybridized carbons (Fsp3) is 0.0800. The molecule has 0 spiro atoms. The van der Waals surface area contributed by atoms with E-state index in [2.05, 4.69) is 25.6 Å². The lowest BCUT2D eigenvalue weighted by Crippen LogP contribution is -2.19. The molecule has 9 nitrogen and oxygen atoms in total. The highest BCUT2D eigenvalue weighted by atomic mass is 16.5. The highest BCUT2D eigenvalue weighted by Crippen LogP contribution is 2.31. The molecule has 1 aliphatic carbocycles. The molecule has 2 aliphatic rings. The molecule has 2 amide bonds. The molecule has 2 heterocycles. The minimum Gasteiger partial charge on any atom is -0.497 e. The van der Waals surface area contributed by atoms with Gasteiger partial charge in [0.1, 0.15) is 17.3 Å². The summed E-state index contributed by atoms with van der Waals surface area (Å²) < 4.78 is 10.5. The van der Waals surface area contributed by atoms with Crippen LogP contribution in [0.25, 0.3) is 33.7 Å². The van der Waals surface area contributed by atoms with Gasteiger partial charge in [0.2, 0.25) is 0 Å². The molecule has 5 rings (SSSR count). The number of nitrogens with one attached hydrogen (secondary N) is 4. The summed E-state index contributed by atoms with van der Waals surface area (Å²) in [6.07, 6.45) is 0. The molecule has 0 bridgehead atoms. The molecule has 0 unspecified atom stereocenters. The molecule has 0 radical (unpaired) electrons. The van der Waals surface area contributed by atoms with E-state index in [1.807, 2.05) is 30.3 Å². The van der Waals surface area contributed by atoms with Gasteiger partial charge in [0.25, 0.3) is 5.56 Å². The Labute approximate surface area is 194 Å². The standard InChI is InChI=1S/C25H21N5O4/c1-33-15-9-11-19(21(13-15)34-2)30-25(32)26-14-8-10-18-20(12-14)28-23(27-18)22-16-6-4-3-5-7-17(16)29-24(22)31/h3-13H,1-2H3,(H,27,28)(H,29,31)(H2,26,30,32). The minimum atomic E-state index is -0.437. The van der Waals surface area contributed by atoms with Crippen LogP contribution < -0.4 is 25.7 Å². The van der Waals surface area contributed by atoms with Gasteiger partial charge in [0.15, 0.2) is 0 Å². The van der Waals surface area contributed by atoms with Crippen molar-refractivity contribution in [2.45, 2.75) is 0 Å². The van der Waals surface area contributed by atoms with Crippen molar-refractivity contribution < 1.29 is 14.3 Å². The number of ether oxygens (including phenoxy) is 2. The summed E-state index contributed by atoms with van der Waals surface area (Å²) in [6.45, 7) is 0. The summed E-state index contributed by atoms with van der Waals surface area (Å²) in [7, 11) is 3.07. The van der Waals surface area contributed by atoms with E-state index in [0.29, 0.717) is 45.3 Å². The van der Waals surface area contributed by atoms with E-state index in [-0.39, 0.29) is 5.56 Å². The molecule has 1 aliphatic heterocycles. The summed E-state index contributed by atoms with van der Waals surface area (Å²) >= 11 is 0. The molecule has 2 aromatic carbocycles. The molecular formula is C25H21N5O4. The predicted molar refractivity (Wildman–Crippen MR) is 131 cm³/mol. The first-order valence-electron chi connectivity index (χ1n) is 10.5. The number of methoxy groups -OCH3 is 2. The topological polar surface area (TPSA) is 121 Å². The number of fused-ring (bicyclic) bond motifs is 2. The number of urea groups is 1. The molecule has 4 N–H and O–H groups in total. The maximum Gasteiger partial charge on any atom is 0.323 e. The quantitative estimate of drug-likeness (QED) is 0.307. The predicted octanol–water partition coefficient (Wildman–Crippen LogP) is 4.68. The van der Waals surface area contributed by atoms with Crippen LogP contribution in [0.15, 0.2) is 71.5 Å². The first kappa shape index (κ1) is 21.1. The fourth-order valence-corrected chi connectivity index (χ4v) is 3.81. The average molecular weight is 455 g/mol. The van der Waals surface area contributed by atoms with E-state index in [1.54, 1.807) is 43.5 Å². The van der Waals surface area contributed by atoms with Gasteiger partial charge in [-0.25, -0.2) is 9.78 Å². The number of rotatable bonds is 5. The van der Waals surface area contributed by atoms with Crippen molar-refractivity contribution in [1.82, 2.24) is 15.0 Å². The van der Waals surface area contributed by atoms with Crippen molar-refractivity contribution in [2.24, 2.45) is 0 Å². The van der Waals surface area contributed by atoms with Gasteiger partial charge in [-0.05, 0) is 36.4 Å². The Balaban J connectivity index is 1.40. The maximum absolute atomic E-state index is 12.6. The molecule has 0 fully saturated rings. The van der Waals surface area contributed by atoms with Crippen LogP contribution in [0.4, 0.5) is 16.2 Å². The number of aromatic amines is 2. The number of carbonyl (C=O) groups is 1. The number of hydrogen-bond donors (Lipinski definition) is 4. The summed E-state index contributed by atoms with van der Waals surface area (Å²) in [5, 5.41) is 5.56. The second-order valence-electron chi connectivity index (χ2n) is 7.53. The van der Waals surface area contributed by atoms with Crippen molar-refractivity contribution in [3.63, 3.8) is 0 Å². The number of aromatic nitrogens is 3. The number of benzene rings is 2. The highest BCUT2D eigenvalue weighted by molar-refractivity contribution is 6.01. The highest BCUT2D eigenvalue weighted by Gasteiger charge is 2.19. The van der Waals surface area contributed by atoms with Gasteiger partial charge in [-0.2, -0.15) is 0 Å². The third kappa shape index (κ3) is 3.90. The number of nitrogens with zero attached hydrogens (tertiary/aromatic N) is 1. The molecule has 0 saturated heterocycles. The van der Waals surface area contributed by atoms with E-state index in [4.69, 9.17) is 9.47 Å². The zero-order valence-electron chi connectivity index (χ0n) is 18.4. The van der Waals surface area contributed by atoms with Crippen LogP contribution in [0.1, 0.15) is 0 Å². The molecule has 3 aromatic rings. The van der Waals surface area contributed by atoms with E-state index in [1.165, 1.54) is 7.11 Å². The van der Waals surface area contributed by atoms with Gasteiger partial charge in [0, 0.05) is 23.0 Å². The monoisotopic (exact) mass is 455 g/mol. The van der Waals surface area contributed by atoms with Crippen LogP contribution in [-0.4, -0.2) is 35.2 Å². The Morgan fingerprint density at radius 3 is 2.59 bits per heavy atom. The van der Waals surface area contributed by atoms with Crippen molar-refractivity contribution in [1.29, 1.82) is 0 Å². The molecule has 170 valence electrons. The normalized spacial score (nSPS) is 10.9. The van der Waals surface area contributed by atoms with Gasteiger partial charge in [0.05, 0.1) is 36.5 Å². The Morgan fingerprint density at radius 2 is 1.76 bits per heavy atom. The Kier molecular flexibility index (Phi) is 5.35. The SMILES string of the molecule is COc1ccc(NC(=O)Nc2ccc3nc(-c4c5cccccc-5[nH]c4=O)[nH]c3c2)c(OC)c1. The van der Waals surface area contributed by atoms with Crippen LogP contribution in [-0.2, 0) is 0 Å². The van der Waals surface area contributed by atoms with Crippen molar-refractivity contribution >= 4 is 28.4 Å². The summed E-state index contributed by atoms with van der Waals surface area (Å²) in [6, 6.07) is 19.3. The third-order valence-electron chi connectivity index (χ3n) is 5.42. The molecule has 9 heteroatoms. The maximum atomic E-state index is 12.6. The Morgan fingerprint density at radius 1 is 0.912 bits per heavy atom. The lowest BCUT2D eigenvalue weighted by molar-refractivity contribution is 0.262. The second-order valence-corrected chi connectivity index (χ2v) is 7.53. The molecule has 0 atom stereocenters. The van der Waals surface area contributed by atoms with Crippen molar-refractivity contribution in [2.75, 3.05) is 24.9 Å². The van der Waals surface area contributed by atoms with Crippen LogP contribution in [0, 0.1) is 0 Å². The number of amides is 2. The van der Waals surface area contributed by atoms with Gasteiger partial charge < -0.3 is 30.1 Å². The van der Waals surface area contributed by atoms with E-state index >= 15 is 0 Å². The van der Waals surface area contributed by atoms with E-state index in [0.717, 1.165) is 11.3 Å². The van der Waals surface area contributed by atoms with Gasteiger partial charge in [-0.1, -0.05) is 24.3 Å². The number of H-pyrrole nitrogens is 2. The zero-order chi connectivity index (χ0) is 23.7. The van der Waals surface area contributed by atoms with Crippen LogP contribution in [0.3, 0.4) is 0 Å². The average Bonchev–Trinajstić information content (AvgIpc) is 3.30.